The predicted octanol–water partition coefficient (Wildman–Crippen LogP) is 3.34. The Morgan fingerprint density at radius 2 is 1.90 bits per heavy atom. The molecule has 0 saturated carbocycles. The third-order valence-corrected chi connectivity index (χ3v) is 4.25. The van der Waals surface area contributed by atoms with Gasteiger partial charge in [0, 0.05) is 0 Å². The van der Waals surface area contributed by atoms with Gasteiger partial charge in [-0.2, -0.15) is 13.2 Å². The first-order valence-electron chi connectivity index (χ1n) is 8.06. The summed E-state index contributed by atoms with van der Waals surface area (Å²) in [4.78, 5) is 23.7. The number of rotatable bonds is 7. The van der Waals surface area contributed by atoms with E-state index in [4.69, 9.17) is 8.83 Å². The predicted molar refractivity (Wildman–Crippen MR) is 95.0 cm³/mol. The minimum atomic E-state index is -4.58. The summed E-state index contributed by atoms with van der Waals surface area (Å²) in [5, 5.41) is 12.2. The molecule has 0 radical (unpaired) electrons. The van der Waals surface area contributed by atoms with Gasteiger partial charge >= 0.3 is 6.18 Å². The van der Waals surface area contributed by atoms with Crippen LogP contribution >= 0.6 is 11.8 Å². The number of hydrogen-bond acceptors (Lipinski definition) is 7. The minimum Gasteiger partial charge on any atom is -0.459 e. The smallest absolute Gasteiger partial charge is 0.418 e. The third-order valence-electron chi connectivity index (χ3n) is 3.43. The maximum absolute atomic E-state index is 12.9. The van der Waals surface area contributed by atoms with Gasteiger partial charge in [-0.3, -0.25) is 9.59 Å². The number of benzene rings is 1. The fourth-order valence-corrected chi connectivity index (χ4v) is 2.75. The molecule has 0 aliphatic carbocycles. The number of carbonyl (C=O) groups excluding carboxylic acids is 2. The van der Waals surface area contributed by atoms with Gasteiger partial charge in [0.05, 0.1) is 29.8 Å². The average molecular weight is 426 g/mol. The Morgan fingerprint density at radius 1 is 1.10 bits per heavy atom. The Morgan fingerprint density at radius 3 is 2.62 bits per heavy atom. The first kappa shape index (κ1) is 20.5. The van der Waals surface area contributed by atoms with Crippen LogP contribution in [-0.2, 0) is 17.5 Å². The zero-order valence-corrected chi connectivity index (χ0v) is 15.3. The summed E-state index contributed by atoms with van der Waals surface area (Å²) in [6.45, 7) is -0.0573. The summed E-state index contributed by atoms with van der Waals surface area (Å²) >= 11 is 0.849. The molecule has 152 valence electrons. The Kier molecular flexibility index (Phi) is 6.22. The second-order valence-electron chi connectivity index (χ2n) is 5.50. The standard InChI is InChI=1S/C17H13F3N4O4S/c18-17(19,20)10-4-1-2-5-11(10)22-13(25)9-29-16-24-23-14(28-16)8-21-15(26)12-6-3-7-27-12/h1-7H,8-9H2,(H,21,26)(H,22,25). The maximum atomic E-state index is 12.9. The Labute approximate surface area is 165 Å². The summed E-state index contributed by atoms with van der Waals surface area (Å²) in [6.07, 6.45) is -3.23. The van der Waals surface area contributed by atoms with E-state index in [1.807, 2.05) is 0 Å². The fourth-order valence-electron chi connectivity index (χ4n) is 2.17. The lowest BCUT2D eigenvalue weighted by molar-refractivity contribution is -0.137. The molecule has 0 aliphatic heterocycles. The number of para-hydroxylation sites is 1. The number of amides is 2. The number of nitrogens with zero attached hydrogens (tertiary/aromatic N) is 2. The first-order chi connectivity index (χ1) is 13.8. The number of aromatic nitrogens is 2. The Balaban J connectivity index is 1.50. The average Bonchev–Trinajstić information content (AvgIpc) is 3.36. The summed E-state index contributed by atoms with van der Waals surface area (Å²) < 4.78 is 49.0. The van der Waals surface area contributed by atoms with Crippen molar-refractivity contribution in [3.8, 4) is 0 Å². The SMILES string of the molecule is O=C(CSc1nnc(CNC(=O)c2ccco2)o1)Nc1ccccc1C(F)(F)F. The van der Waals surface area contributed by atoms with Gasteiger partial charge in [-0.25, -0.2) is 0 Å². The number of anilines is 1. The van der Waals surface area contributed by atoms with Gasteiger partial charge in [0.1, 0.15) is 0 Å². The number of hydrogen-bond donors (Lipinski definition) is 2. The van der Waals surface area contributed by atoms with Crippen molar-refractivity contribution in [2.75, 3.05) is 11.1 Å². The van der Waals surface area contributed by atoms with Gasteiger partial charge in [-0.05, 0) is 24.3 Å². The zero-order chi connectivity index (χ0) is 20.9. The first-order valence-corrected chi connectivity index (χ1v) is 9.04. The van der Waals surface area contributed by atoms with Crippen LogP contribution in [0.2, 0.25) is 0 Å². The van der Waals surface area contributed by atoms with E-state index in [0.29, 0.717) is 0 Å². The maximum Gasteiger partial charge on any atom is 0.418 e. The molecular formula is C17H13F3N4O4S. The summed E-state index contributed by atoms with van der Waals surface area (Å²) in [7, 11) is 0. The monoisotopic (exact) mass is 426 g/mol. The van der Waals surface area contributed by atoms with Gasteiger partial charge in [-0.15, -0.1) is 10.2 Å². The molecule has 0 saturated heterocycles. The number of halogens is 3. The van der Waals surface area contributed by atoms with E-state index in [1.54, 1.807) is 6.07 Å². The third kappa shape index (κ3) is 5.60. The van der Waals surface area contributed by atoms with Crippen LogP contribution in [0.4, 0.5) is 18.9 Å². The van der Waals surface area contributed by atoms with E-state index in [-0.39, 0.29) is 34.9 Å². The normalized spacial score (nSPS) is 11.3. The van der Waals surface area contributed by atoms with Crippen LogP contribution in [-0.4, -0.2) is 27.8 Å². The summed E-state index contributed by atoms with van der Waals surface area (Å²) in [5.74, 6) is -1.17. The molecular weight excluding hydrogens is 413 g/mol. The molecule has 3 aromatic rings. The fraction of sp³-hybridized carbons (Fsp3) is 0.176. The van der Waals surface area contributed by atoms with Crippen molar-refractivity contribution in [1.29, 1.82) is 0 Å². The molecule has 0 spiro atoms. The number of furan rings is 1. The minimum absolute atomic E-state index is 0.0338. The molecule has 0 atom stereocenters. The van der Waals surface area contributed by atoms with Crippen LogP contribution in [0.15, 0.2) is 56.7 Å². The molecule has 2 N–H and O–H groups in total. The molecule has 0 unspecified atom stereocenters. The van der Waals surface area contributed by atoms with Crippen molar-refractivity contribution in [3.63, 3.8) is 0 Å². The topological polar surface area (TPSA) is 110 Å². The lowest BCUT2D eigenvalue weighted by Gasteiger charge is -2.13. The number of carbonyl (C=O) groups is 2. The van der Waals surface area contributed by atoms with Gasteiger partial charge in [0.15, 0.2) is 5.76 Å². The number of thioether (sulfide) groups is 1. The number of nitrogens with one attached hydrogen (secondary N) is 2. The Bertz CT molecular complexity index is 989. The summed E-state index contributed by atoms with van der Waals surface area (Å²) in [5.41, 5.74) is -1.27. The highest BCUT2D eigenvalue weighted by atomic mass is 32.2. The second kappa shape index (κ2) is 8.82. The molecule has 12 heteroatoms. The van der Waals surface area contributed by atoms with Gasteiger partial charge in [0.25, 0.3) is 11.1 Å². The molecule has 2 heterocycles. The molecule has 2 aromatic heterocycles. The van der Waals surface area contributed by atoms with Gasteiger partial charge in [0.2, 0.25) is 11.8 Å². The number of alkyl halides is 3. The second-order valence-corrected chi connectivity index (χ2v) is 6.43. The van der Waals surface area contributed by atoms with E-state index in [0.717, 1.165) is 23.9 Å². The van der Waals surface area contributed by atoms with Crippen molar-refractivity contribution in [1.82, 2.24) is 15.5 Å². The zero-order valence-electron chi connectivity index (χ0n) is 14.5. The van der Waals surface area contributed by atoms with Gasteiger partial charge < -0.3 is 19.5 Å². The molecule has 3 rings (SSSR count). The lowest BCUT2D eigenvalue weighted by atomic mass is 10.1. The van der Waals surface area contributed by atoms with Crippen LogP contribution in [0, 0.1) is 0 Å². The molecule has 8 nitrogen and oxygen atoms in total. The van der Waals surface area contributed by atoms with Crippen LogP contribution in [0.5, 0.6) is 0 Å². The Hall–Kier alpha value is -3.28. The quantitative estimate of drug-likeness (QED) is 0.558. The highest BCUT2D eigenvalue weighted by molar-refractivity contribution is 7.99. The van der Waals surface area contributed by atoms with Crippen molar-refractivity contribution < 1.29 is 31.6 Å². The van der Waals surface area contributed by atoms with Crippen molar-refractivity contribution in [3.05, 3.63) is 59.9 Å². The molecule has 0 bridgehead atoms. The molecule has 2 amide bonds. The molecule has 0 fully saturated rings. The van der Waals surface area contributed by atoms with Crippen molar-refractivity contribution in [2.24, 2.45) is 0 Å². The molecule has 1 aromatic carbocycles. The molecule has 0 aliphatic rings. The van der Waals surface area contributed by atoms with Crippen molar-refractivity contribution in [2.45, 2.75) is 17.9 Å². The van der Waals surface area contributed by atoms with Gasteiger partial charge in [-0.1, -0.05) is 23.9 Å². The highest BCUT2D eigenvalue weighted by Crippen LogP contribution is 2.34. The summed E-state index contributed by atoms with van der Waals surface area (Å²) in [6, 6.07) is 7.72. The van der Waals surface area contributed by atoms with E-state index >= 15 is 0 Å². The lowest BCUT2D eigenvalue weighted by Crippen LogP contribution is -2.22. The molecule has 29 heavy (non-hydrogen) atoms. The highest BCUT2D eigenvalue weighted by Gasteiger charge is 2.33. The van der Waals surface area contributed by atoms with E-state index < -0.39 is 23.6 Å². The van der Waals surface area contributed by atoms with Crippen LogP contribution < -0.4 is 10.6 Å². The van der Waals surface area contributed by atoms with Crippen LogP contribution in [0.3, 0.4) is 0 Å². The van der Waals surface area contributed by atoms with E-state index in [1.165, 1.54) is 24.5 Å². The van der Waals surface area contributed by atoms with Crippen LogP contribution in [0.1, 0.15) is 22.0 Å². The van der Waals surface area contributed by atoms with Crippen LogP contribution in [0.25, 0.3) is 0 Å². The largest absolute Gasteiger partial charge is 0.459 e. The van der Waals surface area contributed by atoms with E-state index in [9.17, 15) is 22.8 Å². The van der Waals surface area contributed by atoms with E-state index in [2.05, 4.69) is 20.8 Å². The van der Waals surface area contributed by atoms with Crippen molar-refractivity contribution >= 4 is 29.3 Å².